The fourth-order valence-electron chi connectivity index (χ4n) is 5.20. The molecule has 0 spiro atoms. The van der Waals surface area contributed by atoms with Crippen molar-refractivity contribution in [2.45, 2.75) is 65.0 Å². The second-order valence-electron chi connectivity index (χ2n) is 9.59. The van der Waals surface area contributed by atoms with Gasteiger partial charge in [0.2, 0.25) is 5.91 Å². The zero-order valence-electron chi connectivity index (χ0n) is 20.0. The number of alkyl halides is 3. The third-order valence-electron chi connectivity index (χ3n) is 7.11. The summed E-state index contributed by atoms with van der Waals surface area (Å²) >= 11 is 0. The summed E-state index contributed by atoms with van der Waals surface area (Å²) in [7, 11) is 0. The van der Waals surface area contributed by atoms with Gasteiger partial charge in [-0.1, -0.05) is 43.9 Å². The Morgan fingerprint density at radius 2 is 1.76 bits per heavy atom. The minimum absolute atomic E-state index is 0.228. The monoisotopic (exact) mass is 474 g/mol. The van der Waals surface area contributed by atoms with Crippen molar-refractivity contribution in [1.82, 2.24) is 14.9 Å². The van der Waals surface area contributed by atoms with Crippen molar-refractivity contribution in [3.63, 3.8) is 0 Å². The van der Waals surface area contributed by atoms with E-state index in [1.807, 2.05) is 18.7 Å². The van der Waals surface area contributed by atoms with Crippen molar-refractivity contribution in [3.05, 3.63) is 52.5 Å². The number of anilines is 1. The number of aromatic nitrogens is 2. The molecule has 0 N–H and O–H groups in total. The van der Waals surface area contributed by atoms with Crippen molar-refractivity contribution in [1.29, 1.82) is 0 Å². The molecular weight excluding hydrogens is 441 g/mol. The van der Waals surface area contributed by atoms with Crippen molar-refractivity contribution >= 4 is 11.7 Å². The van der Waals surface area contributed by atoms with E-state index in [-0.39, 0.29) is 5.91 Å². The van der Waals surface area contributed by atoms with E-state index in [1.165, 1.54) is 37.8 Å². The Hall–Kier alpha value is -2.64. The molecule has 1 saturated carbocycles. The zero-order valence-corrected chi connectivity index (χ0v) is 20.0. The van der Waals surface area contributed by atoms with Gasteiger partial charge in [-0.05, 0) is 37.8 Å². The van der Waals surface area contributed by atoms with Crippen LogP contribution in [-0.4, -0.2) is 47.0 Å². The molecule has 5 nitrogen and oxygen atoms in total. The van der Waals surface area contributed by atoms with Crippen molar-refractivity contribution < 1.29 is 18.0 Å². The van der Waals surface area contributed by atoms with E-state index in [2.05, 4.69) is 14.9 Å². The van der Waals surface area contributed by atoms with Crippen LogP contribution in [0.3, 0.4) is 0 Å². The number of rotatable bonds is 6. The Labute approximate surface area is 199 Å². The lowest BCUT2D eigenvalue weighted by molar-refractivity contribution is -0.137. The number of hydrogen-bond donors (Lipinski definition) is 0. The number of halogens is 3. The molecule has 0 atom stereocenters. The van der Waals surface area contributed by atoms with Crippen LogP contribution in [-0.2, 0) is 17.4 Å². The van der Waals surface area contributed by atoms with Gasteiger partial charge < -0.3 is 9.80 Å². The lowest BCUT2D eigenvalue weighted by Gasteiger charge is -2.36. The van der Waals surface area contributed by atoms with Crippen LogP contribution in [0.25, 0.3) is 0 Å². The maximum atomic E-state index is 13.2. The number of amides is 1. The summed E-state index contributed by atoms with van der Waals surface area (Å²) in [6.07, 6.45) is 2.65. The summed E-state index contributed by atoms with van der Waals surface area (Å²) in [5.41, 5.74) is 1.54. The molecule has 1 saturated heterocycles. The number of nitrogens with zero attached hydrogens (tertiary/aromatic N) is 4. The van der Waals surface area contributed by atoms with Crippen molar-refractivity contribution in [2.24, 2.45) is 5.92 Å². The molecule has 34 heavy (non-hydrogen) atoms. The predicted octanol–water partition coefficient (Wildman–Crippen LogP) is 5.32. The lowest BCUT2D eigenvalue weighted by Crippen LogP contribution is -2.49. The van der Waals surface area contributed by atoms with Gasteiger partial charge >= 0.3 is 6.18 Å². The highest BCUT2D eigenvalue weighted by molar-refractivity contribution is 5.76. The first-order valence-corrected chi connectivity index (χ1v) is 12.2. The summed E-state index contributed by atoms with van der Waals surface area (Å²) in [5, 5.41) is 0. The molecule has 8 heteroatoms. The van der Waals surface area contributed by atoms with Gasteiger partial charge in [-0.15, -0.1) is 0 Å². The van der Waals surface area contributed by atoms with Gasteiger partial charge in [0.15, 0.2) is 0 Å². The number of aryl methyl sites for hydroxylation is 2. The number of piperazine rings is 1. The first-order chi connectivity index (χ1) is 16.2. The molecule has 2 fully saturated rings. The van der Waals surface area contributed by atoms with Gasteiger partial charge in [-0.25, -0.2) is 9.97 Å². The molecule has 184 valence electrons. The second-order valence-corrected chi connectivity index (χ2v) is 9.59. The van der Waals surface area contributed by atoms with Crippen LogP contribution in [0.15, 0.2) is 24.3 Å². The van der Waals surface area contributed by atoms with E-state index in [4.69, 9.17) is 0 Å². The number of carbonyl (C=O) groups excluding carboxylic acids is 1. The lowest BCUT2D eigenvalue weighted by atomic mass is 10.0. The molecule has 2 aromatic rings. The fourth-order valence-corrected chi connectivity index (χ4v) is 5.20. The molecule has 2 aliphatic rings. The molecule has 0 radical (unpaired) electrons. The molecule has 4 rings (SSSR count). The van der Waals surface area contributed by atoms with Crippen molar-refractivity contribution in [3.8, 4) is 0 Å². The summed E-state index contributed by atoms with van der Waals surface area (Å²) in [4.78, 5) is 26.0. The molecule has 1 amide bonds. The van der Waals surface area contributed by atoms with Crippen LogP contribution >= 0.6 is 0 Å². The summed E-state index contributed by atoms with van der Waals surface area (Å²) in [6, 6.07) is 5.44. The minimum Gasteiger partial charge on any atom is -0.353 e. The normalized spacial score (nSPS) is 17.4. The maximum absolute atomic E-state index is 13.2. The smallest absolute Gasteiger partial charge is 0.353 e. The number of benzene rings is 1. The Kier molecular flexibility index (Phi) is 7.43. The average molecular weight is 475 g/mol. The summed E-state index contributed by atoms with van der Waals surface area (Å²) in [6.45, 7) is 6.28. The second kappa shape index (κ2) is 10.3. The van der Waals surface area contributed by atoms with E-state index in [1.54, 1.807) is 6.07 Å². The highest BCUT2D eigenvalue weighted by Gasteiger charge is 2.31. The summed E-state index contributed by atoms with van der Waals surface area (Å²) in [5.74, 6) is 2.33. The molecule has 1 aromatic heterocycles. The van der Waals surface area contributed by atoms with Gasteiger partial charge in [0.1, 0.15) is 11.6 Å². The minimum atomic E-state index is -4.38. The van der Waals surface area contributed by atoms with E-state index in [0.29, 0.717) is 56.3 Å². The molecular formula is C26H33F3N4O. The van der Waals surface area contributed by atoms with E-state index in [9.17, 15) is 18.0 Å². The molecule has 0 unspecified atom stereocenters. The Morgan fingerprint density at radius 1 is 1.06 bits per heavy atom. The highest BCUT2D eigenvalue weighted by atomic mass is 19.4. The van der Waals surface area contributed by atoms with Gasteiger partial charge in [0, 0.05) is 50.3 Å². The maximum Gasteiger partial charge on any atom is 0.416 e. The fraction of sp³-hybridized carbons (Fsp3) is 0.577. The van der Waals surface area contributed by atoms with Gasteiger partial charge in [-0.2, -0.15) is 13.2 Å². The average Bonchev–Trinajstić information content (AvgIpc) is 3.32. The van der Waals surface area contributed by atoms with Crippen LogP contribution in [0.1, 0.15) is 66.7 Å². The third-order valence-corrected chi connectivity index (χ3v) is 7.11. The van der Waals surface area contributed by atoms with E-state index < -0.39 is 11.7 Å². The quantitative estimate of drug-likeness (QED) is 0.569. The standard InChI is InChI=1S/C26H33F3N4O/c1-18-23(17-21-8-5-9-22(16-21)26(27,28)29)25(31-19(2)30-18)33-14-12-32(13-15-33)24(34)11-10-20-6-3-4-7-20/h5,8-9,16,20H,3-4,6-7,10-15,17H2,1-2H3. The SMILES string of the molecule is Cc1nc(C)c(Cc2cccc(C(F)(F)F)c2)c(N2CCN(C(=O)CCC3CCCC3)CC2)n1. The third kappa shape index (κ3) is 5.88. The molecule has 1 aliphatic heterocycles. The molecule has 1 aromatic carbocycles. The van der Waals surface area contributed by atoms with E-state index in [0.717, 1.165) is 29.6 Å². The molecule has 0 bridgehead atoms. The summed E-state index contributed by atoms with van der Waals surface area (Å²) < 4.78 is 39.6. The van der Waals surface area contributed by atoms with Gasteiger partial charge in [0.25, 0.3) is 0 Å². The van der Waals surface area contributed by atoms with Crippen LogP contribution in [0.2, 0.25) is 0 Å². The Bertz CT molecular complexity index is 1010. The zero-order chi connectivity index (χ0) is 24.3. The topological polar surface area (TPSA) is 49.3 Å². The van der Waals surface area contributed by atoms with Crippen LogP contribution in [0, 0.1) is 19.8 Å². The van der Waals surface area contributed by atoms with Crippen LogP contribution < -0.4 is 4.90 Å². The van der Waals surface area contributed by atoms with Gasteiger partial charge in [0.05, 0.1) is 5.56 Å². The van der Waals surface area contributed by atoms with Crippen molar-refractivity contribution in [2.75, 3.05) is 31.1 Å². The Morgan fingerprint density at radius 3 is 2.44 bits per heavy atom. The first kappa shape index (κ1) is 24.5. The van der Waals surface area contributed by atoms with E-state index >= 15 is 0 Å². The first-order valence-electron chi connectivity index (χ1n) is 12.2. The van der Waals surface area contributed by atoms with Gasteiger partial charge in [-0.3, -0.25) is 4.79 Å². The van der Waals surface area contributed by atoms with Crippen LogP contribution in [0.5, 0.6) is 0 Å². The number of hydrogen-bond acceptors (Lipinski definition) is 4. The predicted molar refractivity (Wildman–Crippen MR) is 126 cm³/mol. The highest BCUT2D eigenvalue weighted by Crippen LogP contribution is 2.32. The Balaban J connectivity index is 1.45. The largest absolute Gasteiger partial charge is 0.416 e. The van der Waals surface area contributed by atoms with Crippen LogP contribution in [0.4, 0.5) is 19.0 Å². The molecule has 2 heterocycles. The number of carbonyl (C=O) groups is 1. The molecule has 1 aliphatic carbocycles.